The van der Waals surface area contributed by atoms with E-state index in [-0.39, 0.29) is 35.9 Å². The fourth-order valence-electron chi connectivity index (χ4n) is 14.8. The summed E-state index contributed by atoms with van der Waals surface area (Å²) in [7, 11) is -1.60. The Kier molecular flexibility index (Phi) is 37.4. The zero-order valence-electron chi connectivity index (χ0n) is 72.4. The van der Waals surface area contributed by atoms with E-state index in [0.29, 0.717) is 41.5 Å². The molecule has 6 heterocycles. The topological polar surface area (TPSA) is 228 Å². The molecule has 678 valence electrons. The third kappa shape index (κ3) is 24.9. The van der Waals surface area contributed by atoms with Crippen LogP contribution in [0, 0.1) is 3.57 Å². The molecule has 0 bridgehead atoms. The molecule has 17 aromatic carbocycles. The summed E-state index contributed by atoms with van der Waals surface area (Å²) in [5, 5.41) is 43.3. The first-order chi connectivity index (χ1) is 65.7. The summed E-state index contributed by atoms with van der Waals surface area (Å²) in [4.78, 5) is 26.6. The number of thiophene rings is 2. The molecule has 22 aromatic rings. The first-order valence-electron chi connectivity index (χ1n) is 41.6. The van der Waals surface area contributed by atoms with E-state index in [0.717, 1.165) is 80.9 Å². The van der Waals surface area contributed by atoms with Crippen LogP contribution in [0.2, 0.25) is 20.1 Å². The number of benzene rings is 17. The minimum atomic E-state index is -1.60. The molecule has 1 fully saturated rings. The second-order valence-corrected chi connectivity index (χ2v) is 35.5. The van der Waals surface area contributed by atoms with Crippen LogP contribution in [0.1, 0.15) is 12.8 Å². The van der Waals surface area contributed by atoms with E-state index < -0.39 is 7.12 Å². The van der Waals surface area contributed by atoms with E-state index in [9.17, 15) is 9.59 Å². The number of carbonyl (C=O) groups is 2. The lowest BCUT2D eigenvalue weighted by Gasteiger charge is -2.09. The first kappa shape index (κ1) is 102. The van der Waals surface area contributed by atoms with Crippen LogP contribution in [0.3, 0.4) is 0 Å². The number of carbonyl (C=O) groups excluding carboxylic acids is 2. The lowest BCUT2D eigenvalue weighted by atomic mass is 9.80. The Balaban J connectivity index is 0.000000134. The van der Waals surface area contributed by atoms with Gasteiger partial charge in [0.05, 0.1) is 45.4 Å². The highest BCUT2D eigenvalue weighted by atomic mass is 127. The molecule has 23 rings (SSSR count). The standard InChI is InChI=1S/C30H21NS.C18H15N.C12H7BrS.C12H5Cl2IO.C12H7Cl2NO.C12H9NO.C6H7BO3.C4H4ClNO2.3CH3I/c1-2-7-21(8-3-1)22-13-15-23(16-14-22)24-17-19-25(20-18-24)31-28-11-6-10-27-26-9-4-5-12-29(26)32-30(27)28;19-18-12-10-17(11-13-18)16-8-6-15(7-9-16)14-4-2-1-3-5-14;13-10-6-3-5-9-8-4-1-2-7-11(8)14-12(9)10;2*13-7-5-8(14)11(15)12-10(7)6-3-1-2-4-9(6)16-12;13-10-6-3-5-9-8-4-1-2-7-11(8)14-12(9)10;8-6-4-2-1-3-5(6)7(9)10;5-6-3(7)1-2-4(6)8;3*1-2/h1-20,31H;1-13H,19H2;1-7H;1-5H;1-5H,15H2;1-7H,13H2;1-4,8-10H;1-2H2;3*1H3. The van der Waals surface area contributed by atoms with Gasteiger partial charge in [0.15, 0.2) is 16.7 Å². The Morgan fingerprint density at radius 3 is 1.22 bits per heavy atom. The van der Waals surface area contributed by atoms with Crippen molar-refractivity contribution in [2.75, 3.05) is 37.3 Å². The lowest BCUT2D eigenvalue weighted by Crippen LogP contribution is -2.29. The second-order valence-electron chi connectivity index (χ2n) is 29.5. The number of aromatic hydroxyl groups is 1. The molecule has 0 spiro atoms. The molecule has 1 aliphatic rings. The maximum Gasteiger partial charge on any atom is 0.492 e. The summed E-state index contributed by atoms with van der Waals surface area (Å²) in [5.41, 5.74) is 36.1. The van der Waals surface area contributed by atoms with Crippen molar-refractivity contribution in [3.63, 3.8) is 0 Å². The number of imide groups is 1. The number of nitrogens with one attached hydrogen (secondary N) is 1. The number of phenols is 1. The summed E-state index contributed by atoms with van der Waals surface area (Å²) < 4.78 is 25.1. The number of furan rings is 3. The molecule has 0 aliphatic carbocycles. The summed E-state index contributed by atoms with van der Waals surface area (Å²) in [6.45, 7) is 0. The van der Waals surface area contributed by atoms with Crippen LogP contribution in [0.25, 0.3) is 151 Å². The zero-order valence-corrected chi connectivity index (χ0v) is 88.0. The highest BCUT2D eigenvalue weighted by molar-refractivity contribution is 14.1. The maximum absolute atomic E-state index is 10.4. The molecule has 1 saturated heterocycles. The monoisotopic (exact) mass is 2430 g/mol. The van der Waals surface area contributed by atoms with Gasteiger partial charge in [0, 0.05) is 114 Å². The second kappa shape index (κ2) is 49.5. The molecule has 0 radical (unpaired) electrons. The number of hydrogen-bond acceptors (Lipinski definition) is 14. The van der Waals surface area contributed by atoms with Gasteiger partial charge >= 0.3 is 7.12 Å². The number of nitrogen functional groups attached to an aromatic ring is 3. The SMILES string of the molecule is Brc1cccc2c1sc1ccccc12.CI.CI.CI.Clc1cc(Cl)c2c(oc3ccccc32)c1I.Nc1c(Cl)cc(Cl)c2c1oc1ccccc12.Nc1ccc(-c2ccc(-c3ccccc3)cc2)cc1.Nc1cccc2c1oc1ccccc12.O=C1CCC(=O)N1Cl.OB(O)c1ccccc1O.c1ccc(-c2ccc(-c3ccc(Nc4cccc5c4sc4ccccc45)cc3)cc2)cc1. The third-order valence-electron chi connectivity index (χ3n) is 21.2. The van der Waals surface area contributed by atoms with Gasteiger partial charge in [-0.25, -0.2) is 0 Å². The maximum atomic E-state index is 10.4. The Morgan fingerprint density at radius 2 is 0.741 bits per heavy atom. The molecule has 0 atom stereocenters. The van der Waals surface area contributed by atoms with Crippen molar-refractivity contribution in [2.45, 2.75) is 12.8 Å². The van der Waals surface area contributed by atoms with Crippen LogP contribution in [-0.2, 0) is 9.59 Å². The Morgan fingerprint density at radius 1 is 0.378 bits per heavy atom. The van der Waals surface area contributed by atoms with Gasteiger partial charge in [-0.15, -0.1) is 22.7 Å². The van der Waals surface area contributed by atoms with Gasteiger partial charge in [-0.2, -0.15) is 4.42 Å². The Hall–Kier alpha value is -10.4. The highest BCUT2D eigenvalue weighted by Gasteiger charge is 2.27. The van der Waals surface area contributed by atoms with Crippen LogP contribution in [-0.4, -0.2) is 53.3 Å². The summed E-state index contributed by atoms with van der Waals surface area (Å²) in [5.74, 6) is -0.689. The van der Waals surface area contributed by atoms with Crippen molar-refractivity contribution in [3.8, 4) is 50.3 Å². The number of anilines is 5. The van der Waals surface area contributed by atoms with Gasteiger partial charge in [-0.3, -0.25) is 9.59 Å². The normalized spacial score (nSPS) is 11.1. The van der Waals surface area contributed by atoms with Crippen molar-refractivity contribution in [2.24, 2.45) is 0 Å². The third-order valence-corrected chi connectivity index (χ3v) is 27.5. The summed E-state index contributed by atoms with van der Waals surface area (Å²) in [6.07, 6.45) is 0.532. The van der Waals surface area contributed by atoms with E-state index in [1.807, 2.05) is 159 Å². The quantitative estimate of drug-likeness (QED) is 0.0150. The largest absolute Gasteiger partial charge is 0.508 e. The number of nitrogens with zero attached hydrogens (tertiary/aromatic N) is 1. The predicted molar refractivity (Wildman–Crippen MR) is 616 cm³/mol. The lowest BCUT2D eigenvalue weighted by molar-refractivity contribution is -0.132. The van der Waals surface area contributed by atoms with E-state index in [4.69, 9.17) is 104 Å². The van der Waals surface area contributed by atoms with Crippen molar-refractivity contribution in [1.82, 2.24) is 4.42 Å². The molecule has 1 aliphatic heterocycles. The van der Waals surface area contributed by atoms with Gasteiger partial charge in [0.2, 0.25) is 11.8 Å². The molecule has 0 unspecified atom stereocenters. The molecule has 5 aromatic heterocycles. The number of phenolic OH excluding ortho intramolecular Hbond substituents is 1. The van der Waals surface area contributed by atoms with Gasteiger partial charge in [0.1, 0.15) is 22.5 Å². The van der Waals surface area contributed by atoms with Crippen LogP contribution in [0.5, 0.6) is 5.75 Å². The molecule has 10 N–H and O–H groups in total. The van der Waals surface area contributed by atoms with Gasteiger partial charge in [-0.1, -0.05) is 393 Å². The number of alkyl halides is 3. The molecule has 135 heavy (non-hydrogen) atoms. The molecule has 26 heteroatoms. The minimum absolute atomic E-state index is 0.0995. The van der Waals surface area contributed by atoms with E-state index in [1.165, 1.54) is 101 Å². The number of nitrogens with two attached hydrogens (primary N) is 3. The van der Waals surface area contributed by atoms with Crippen molar-refractivity contribution >= 4 is 346 Å². The van der Waals surface area contributed by atoms with Gasteiger partial charge in [0.25, 0.3) is 0 Å². The molecule has 0 saturated carbocycles. The van der Waals surface area contributed by atoms with Crippen molar-refractivity contribution < 1.29 is 38.0 Å². The zero-order chi connectivity index (χ0) is 95.8. The van der Waals surface area contributed by atoms with Crippen LogP contribution >= 0.6 is 187 Å². The Bertz CT molecular complexity index is 7550. The number of halogens is 10. The predicted octanol–water partition coefficient (Wildman–Crippen LogP) is 34.2. The van der Waals surface area contributed by atoms with Gasteiger partial charge in [-0.05, 0) is 189 Å². The number of hydrogen-bond donors (Lipinski definition) is 7. The van der Waals surface area contributed by atoms with Crippen molar-refractivity contribution in [1.29, 1.82) is 0 Å². The highest BCUT2D eigenvalue weighted by Crippen LogP contribution is 2.45. The van der Waals surface area contributed by atoms with E-state index in [1.54, 1.807) is 24.3 Å². The Labute approximate surface area is 877 Å². The van der Waals surface area contributed by atoms with E-state index in [2.05, 4.69) is 324 Å². The van der Waals surface area contributed by atoms with Crippen LogP contribution in [0.15, 0.2) is 388 Å². The number of amides is 2. The molecule has 2 amide bonds. The average molecular weight is 2430 g/mol. The fraction of sp³-hybridized carbons (Fsp3) is 0.0459. The molecular formula is C109H84BBrCl5I4N5O8S2. The average Bonchev–Trinajstić information content (AvgIpc) is 1.85. The fourth-order valence-corrected chi connectivity index (χ4v) is 19.5. The van der Waals surface area contributed by atoms with E-state index >= 15 is 0 Å². The van der Waals surface area contributed by atoms with Crippen molar-refractivity contribution in [3.05, 3.63) is 398 Å². The molecule has 13 nitrogen and oxygen atoms in total. The number of para-hydroxylation sites is 5. The number of fused-ring (bicyclic) bond motifs is 15. The number of rotatable bonds is 7. The minimum Gasteiger partial charge on any atom is -0.508 e. The first-order valence-corrected chi connectivity index (χ1v) is 53.5. The summed E-state index contributed by atoms with van der Waals surface area (Å²) in [6, 6.07) is 124. The van der Waals surface area contributed by atoms with Crippen LogP contribution < -0.4 is 28.0 Å². The van der Waals surface area contributed by atoms with Crippen LogP contribution in [0.4, 0.5) is 28.4 Å². The molecular weight excluding hydrogens is 2350 g/mol. The smallest absolute Gasteiger partial charge is 0.492 e. The summed E-state index contributed by atoms with van der Waals surface area (Å²) >= 11 is 45.4. The van der Waals surface area contributed by atoms with Gasteiger partial charge < -0.3 is 50.9 Å².